The summed E-state index contributed by atoms with van der Waals surface area (Å²) in [4.78, 5) is 8.17. The predicted molar refractivity (Wildman–Crippen MR) is 292 cm³/mol. The first-order chi connectivity index (χ1) is 33.7. The van der Waals surface area contributed by atoms with Gasteiger partial charge in [0, 0.05) is 62.8 Å². The second kappa shape index (κ2) is 14.7. The van der Waals surface area contributed by atoms with E-state index < -0.39 is 0 Å². The van der Waals surface area contributed by atoms with Crippen LogP contribution in [0.5, 0.6) is 0 Å². The van der Waals surface area contributed by atoms with Crippen LogP contribution in [0.4, 0.5) is 0 Å². The fourth-order valence-electron chi connectivity index (χ4n) is 11.1. The maximum Gasteiger partial charge on any atom is 0.209 e. The smallest absolute Gasteiger partial charge is 0.209 e. The Morgan fingerprint density at radius 3 is 1.66 bits per heavy atom. The summed E-state index contributed by atoms with van der Waals surface area (Å²) < 4.78 is 7.38. The molecule has 1 unspecified atom stereocenters. The number of aliphatic imine (C=N–C) groups is 1. The van der Waals surface area contributed by atoms with Crippen molar-refractivity contribution in [2.45, 2.75) is 6.04 Å². The summed E-state index contributed by atoms with van der Waals surface area (Å²) in [5.41, 5.74) is 11.5. The van der Waals surface area contributed by atoms with E-state index in [4.69, 9.17) is 4.99 Å². The molecule has 5 heterocycles. The van der Waals surface area contributed by atoms with Crippen molar-refractivity contribution >= 4 is 125 Å². The molecule has 1 atom stereocenters. The van der Waals surface area contributed by atoms with Gasteiger partial charge >= 0.3 is 0 Å². The fourth-order valence-corrected chi connectivity index (χ4v) is 13.3. The number of hydrogen-bond donors (Lipinski definition) is 1. The van der Waals surface area contributed by atoms with E-state index in [2.05, 4.69) is 233 Å². The molecule has 2 aliphatic heterocycles. The zero-order valence-corrected chi connectivity index (χ0v) is 38.2. The normalized spacial score (nSPS) is 15.1. The minimum atomic E-state index is -0.0549. The van der Waals surface area contributed by atoms with E-state index >= 15 is 0 Å². The number of para-hydroxylation sites is 1. The summed E-state index contributed by atoms with van der Waals surface area (Å²) in [5, 5.41) is 16.4. The molecule has 318 valence electrons. The summed E-state index contributed by atoms with van der Waals surface area (Å²) in [5.74, 6) is 0.820. The SMILES string of the molecule is C1=C(c2ccccc2)SC2=C(c3ccc4sc5ccccc5c4c3)N=C(n3c4ccc(-c5ccc6c(c5)c5c7ccccc7ccc5n6-c5ccccc5)cc4c4c5ccccc5ccc43)NC12. The van der Waals surface area contributed by atoms with Crippen molar-refractivity contribution in [2.24, 2.45) is 4.99 Å². The number of thioether (sulfide) groups is 1. The van der Waals surface area contributed by atoms with Crippen molar-refractivity contribution in [1.29, 1.82) is 0 Å². The van der Waals surface area contributed by atoms with Crippen LogP contribution in [0, 0.1) is 0 Å². The van der Waals surface area contributed by atoms with Gasteiger partial charge in [-0.3, -0.25) is 4.57 Å². The van der Waals surface area contributed by atoms with Gasteiger partial charge in [-0.15, -0.1) is 11.3 Å². The van der Waals surface area contributed by atoms with Crippen molar-refractivity contribution in [3.8, 4) is 16.8 Å². The lowest BCUT2D eigenvalue weighted by Gasteiger charge is -2.25. The molecular formula is C62H38N4S2. The molecule has 0 aliphatic carbocycles. The van der Waals surface area contributed by atoms with Crippen LogP contribution < -0.4 is 5.32 Å². The van der Waals surface area contributed by atoms with E-state index in [1.807, 2.05) is 23.1 Å². The molecular weight excluding hydrogens is 865 g/mol. The zero-order chi connectivity index (χ0) is 44.5. The van der Waals surface area contributed by atoms with Crippen molar-refractivity contribution in [1.82, 2.24) is 14.5 Å². The molecule has 15 rings (SSSR count). The summed E-state index contributed by atoms with van der Waals surface area (Å²) in [6, 6.07) is 77.8. The average molecular weight is 903 g/mol. The van der Waals surface area contributed by atoms with Crippen LogP contribution in [-0.4, -0.2) is 21.1 Å². The molecule has 68 heavy (non-hydrogen) atoms. The lowest BCUT2D eigenvalue weighted by molar-refractivity contribution is 0.835. The molecule has 0 amide bonds. The lowest BCUT2D eigenvalue weighted by Crippen LogP contribution is -2.40. The molecule has 0 saturated carbocycles. The maximum atomic E-state index is 5.71. The van der Waals surface area contributed by atoms with E-state index in [1.54, 1.807) is 0 Å². The van der Waals surface area contributed by atoms with E-state index in [-0.39, 0.29) is 6.04 Å². The molecule has 0 fully saturated rings. The van der Waals surface area contributed by atoms with Crippen LogP contribution in [0.25, 0.3) is 113 Å². The van der Waals surface area contributed by atoms with Gasteiger partial charge in [-0.05, 0) is 111 Å². The Bertz CT molecular complexity index is 4380. The monoisotopic (exact) mass is 902 g/mol. The molecule has 2 aliphatic rings. The van der Waals surface area contributed by atoms with Crippen molar-refractivity contribution < 1.29 is 0 Å². The molecule has 0 radical (unpaired) electrons. The number of nitrogens with one attached hydrogen (secondary N) is 1. The van der Waals surface area contributed by atoms with Gasteiger partial charge in [0.2, 0.25) is 5.96 Å². The minimum absolute atomic E-state index is 0.0549. The second-order valence-electron chi connectivity index (χ2n) is 17.9. The van der Waals surface area contributed by atoms with Crippen molar-refractivity contribution in [3.63, 3.8) is 0 Å². The van der Waals surface area contributed by atoms with Crippen LogP contribution >= 0.6 is 23.1 Å². The van der Waals surface area contributed by atoms with Crippen LogP contribution in [0.2, 0.25) is 0 Å². The number of hydrogen-bond acceptors (Lipinski definition) is 4. The zero-order valence-electron chi connectivity index (χ0n) is 36.5. The van der Waals surface area contributed by atoms with Gasteiger partial charge in [-0.2, -0.15) is 0 Å². The molecule has 0 spiro atoms. The summed E-state index contributed by atoms with van der Waals surface area (Å²) in [7, 11) is 0. The number of fused-ring (bicyclic) bond motifs is 14. The van der Waals surface area contributed by atoms with Gasteiger partial charge in [-0.1, -0.05) is 157 Å². The van der Waals surface area contributed by atoms with E-state index in [0.29, 0.717) is 0 Å². The third kappa shape index (κ3) is 5.65. The Kier molecular flexibility index (Phi) is 8.20. The standard InChI is InChI=1S/C62H38N4S2/c1-3-15-39(16-4-1)57-36-50-61(68-57)60(42-27-32-56-47(35-42)46-21-11-12-22-55(46)67-56)64-62(63-50)66-52-29-26-41(34-49(52)59-45-20-10-8-14-38(45)24-31-54(59)66)40-25-28-51-48(33-40)58-44-19-9-7-13-37(44)23-30-53(58)65(51)43-17-5-2-6-18-43/h1-36,50H,(H,63,64). The Balaban J connectivity index is 0.949. The van der Waals surface area contributed by atoms with Crippen LogP contribution in [0.15, 0.2) is 228 Å². The van der Waals surface area contributed by atoms with Gasteiger partial charge in [0.05, 0.1) is 33.8 Å². The lowest BCUT2D eigenvalue weighted by atomic mass is 9.98. The average Bonchev–Trinajstić information content (AvgIpc) is 4.18. The quantitative estimate of drug-likeness (QED) is 0.191. The molecule has 13 aromatic rings. The molecule has 10 aromatic carbocycles. The molecule has 4 nitrogen and oxygen atoms in total. The third-order valence-corrected chi connectivity index (χ3v) is 16.5. The topological polar surface area (TPSA) is 34.2 Å². The summed E-state index contributed by atoms with van der Waals surface area (Å²) in [6.45, 7) is 0. The highest BCUT2D eigenvalue weighted by Crippen LogP contribution is 2.49. The molecule has 6 heteroatoms. The number of rotatable bonds is 4. The van der Waals surface area contributed by atoms with Gasteiger partial charge in [0.1, 0.15) is 0 Å². The first-order valence-corrected chi connectivity index (χ1v) is 24.8. The summed E-state index contributed by atoms with van der Waals surface area (Å²) in [6.07, 6.45) is 2.39. The van der Waals surface area contributed by atoms with E-state index in [1.165, 1.54) is 101 Å². The Morgan fingerprint density at radius 2 is 0.956 bits per heavy atom. The number of nitrogens with zero attached hydrogens (tertiary/aromatic N) is 3. The maximum absolute atomic E-state index is 5.71. The highest BCUT2D eigenvalue weighted by molar-refractivity contribution is 8.12. The van der Waals surface area contributed by atoms with Gasteiger partial charge in [-0.25, -0.2) is 4.99 Å². The van der Waals surface area contributed by atoms with Crippen LogP contribution in [0.1, 0.15) is 11.1 Å². The Morgan fingerprint density at radius 1 is 0.412 bits per heavy atom. The molecule has 3 aromatic heterocycles. The number of aromatic nitrogens is 2. The summed E-state index contributed by atoms with van der Waals surface area (Å²) >= 11 is 3.69. The van der Waals surface area contributed by atoms with Gasteiger partial charge in [0.15, 0.2) is 0 Å². The third-order valence-electron chi connectivity index (χ3n) is 14.1. The van der Waals surface area contributed by atoms with Crippen molar-refractivity contribution in [3.05, 3.63) is 234 Å². The van der Waals surface area contributed by atoms with Gasteiger partial charge < -0.3 is 9.88 Å². The van der Waals surface area contributed by atoms with Crippen LogP contribution in [-0.2, 0) is 0 Å². The highest BCUT2D eigenvalue weighted by atomic mass is 32.2. The second-order valence-corrected chi connectivity index (χ2v) is 20.1. The molecule has 1 N–H and O–H groups in total. The molecule has 0 saturated heterocycles. The Labute approximate surface area is 399 Å². The molecule has 0 bridgehead atoms. The first kappa shape index (κ1) is 38.0. The van der Waals surface area contributed by atoms with Crippen LogP contribution in [0.3, 0.4) is 0 Å². The predicted octanol–water partition coefficient (Wildman–Crippen LogP) is 16.6. The largest absolute Gasteiger partial charge is 0.344 e. The van der Waals surface area contributed by atoms with Gasteiger partial charge in [0.25, 0.3) is 0 Å². The Hall–Kier alpha value is -8.16. The van der Waals surface area contributed by atoms with E-state index in [0.717, 1.165) is 33.9 Å². The van der Waals surface area contributed by atoms with Crippen molar-refractivity contribution in [2.75, 3.05) is 0 Å². The highest BCUT2D eigenvalue weighted by Gasteiger charge is 2.33. The minimum Gasteiger partial charge on any atom is -0.344 e. The first-order valence-electron chi connectivity index (χ1n) is 23.1. The fraction of sp³-hybridized carbons (Fsp3) is 0.0161. The van der Waals surface area contributed by atoms with E-state index in [9.17, 15) is 0 Å². The number of benzene rings is 10. The number of thiophene rings is 1.